The van der Waals surface area contributed by atoms with Crippen molar-refractivity contribution < 1.29 is 8.42 Å². The van der Waals surface area contributed by atoms with Gasteiger partial charge in [0.25, 0.3) is 0 Å². The highest BCUT2D eigenvalue weighted by Gasteiger charge is 2.12. The number of hydrogen-bond donors (Lipinski definition) is 1. The van der Waals surface area contributed by atoms with Crippen LogP contribution >= 0.6 is 0 Å². The second-order valence-electron chi connectivity index (χ2n) is 5.56. The fourth-order valence-electron chi connectivity index (χ4n) is 2.48. The van der Waals surface area contributed by atoms with E-state index in [2.05, 4.69) is 10.3 Å². The molecule has 1 aromatic heterocycles. The summed E-state index contributed by atoms with van der Waals surface area (Å²) in [5.41, 5.74) is 3.87. The van der Waals surface area contributed by atoms with Gasteiger partial charge in [-0.25, -0.2) is 8.42 Å². The van der Waals surface area contributed by atoms with Gasteiger partial charge in [0.15, 0.2) is 9.84 Å². The first-order valence-electron chi connectivity index (χ1n) is 7.56. The maximum absolute atomic E-state index is 11.8. The van der Waals surface area contributed by atoms with Crippen LogP contribution in [0.15, 0.2) is 78.0 Å². The molecule has 0 radical (unpaired) electrons. The van der Waals surface area contributed by atoms with Gasteiger partial charge in [-0.3, -0.25) is 4.98 Å². The van der Waals surface area contributed by atoms with E-state index < -0.39 is 9.84 Å². The molecule has 0 spiro atoms. The Hall–Kier alpha value is -2.66. The Balaban J connectivity index is 1.75. The lowest BCUT2D eigenvalue weighted by atomic mass is 10.1. The molecule has 4 nitrogen and oxygen atoms in total. The van der Waals surface area contributed by atoms with Crippen LogP contribution in [0, 0.1) is 0 Å². The molecule has 0 saturated heterocycles. The quantitative estimate of drug-likeness (QED) is 0.769. The van der Waals surface area contributed by atoms with Gasteiger partial charge in [0.1, 0.15) is 0 Å². The lowest BCUT2D eigenvalue weighted by molar-refractivity contribution is 0.602. The minimum atomic E-state index is -3.25. The molecule has 24 heavy (non-hydrogen) atoms. The molecule has 3 rings (SSSR count). The molecular formula is C19H18N2O2S. The fraction of sp³-hybridized carbons (Fsp3) is 0.105. The van der Waals surface area contributed by atoms with Gasteiger partial charge in [-0.1, -0.05) is 42.5 Å². The van der Waals surface area contributed by atoms with Crippen LogP contribution in [0.4, 0.5) is 5.69 Å². The molecule has 0 fully saturated rings. The Labute approximate surface area is 142 Å². The molecule has 2 aromatic carbocycles. The summed E-state index contributed by atoms with van der Waals surface area (Å²) in [5.74, 6) is 0. The van der Waals surface area contributed by atoms with E-state index in [0.717, 1.165) is 16.7 Å². The average Bonchev–Trinajstić information content (AvgIpc) is 2.61. The van der Waals surface area contributed by atoms with Crippen molar-refractivity contribution in [3.05, 3.63) is 78.6 Å². The van der Waals surface area contributed by atoms with Crippen molar-refractivity contribution in [3.8, 4) is 11.1 Å². The molecule has 0 atom stereocenters. The van der Waals surface area contributed by atoms with E-state index in [4.69, 9.17) is 0 Å². The molecule has 1 N–H and O–H groups in total. The zero-order valence-corrected chi connectivity index (χ0v) is 14.1. The number of nitrogens with one attached hydrogen (secondary N) is 1. The Morgan fingerprint density at radius 2 is 1.67 bits per heavy atom. The minimum Gasteiger partial charge on any atom is -0.380 e. The van der Waals surface area contributed by atoms with Crippen LogP contribution in [0.5, 0.6) is 0 Å². The summed E-state index contributed by atoms with van der Waals surface area (Å²) in [7, 11) is -3.25. The van der Waals surface area contributed by atoms with E-state index in [9.17, 15) is 8.42 Å². The average molecular weight is 338 g/mol. The summed E-state index contributed by atoms with van der Waals surface area (Å²) in [4.78, 5) is 4.44. The molecule has 0 aliphatic carbocycles. The van der Waals surface area contributed by atoms with Gasteiger partial charge in [-0.05, 0) is 34.9 Å². The van der Waals surface area contributed by atoms with Gasteiger partial charge in [-0.15, -0.1) is 0 Å². The van der Waals surface area contributed by atoms with E-state index in [0.29, 0.717) is 17.1 Å². The minimum absolute atomic E-state index is 0.317. The van der Waals surface area contributed by atoms with E-state index >= 15 is 0 Å². The highest BCUT2D eigenvalue weighted by molar-refractivity contribution is 7.90. The summed E-state index contributed by atoms with van der Waals surface area (Å²) >= 11 is 0. The number of rotatable bonds is 5. The largest absolute Gasteiger partial charge is 0.380 e. The van der Waals surface area contributed by atoms with Crippen molar-refractivity contribution in [2.75, 3.05) is 11.6 Å². The van der Waals surface area contributed by atoms with Gasteiger partial charge in [0, 0.05) is 25.2 Å². The molecule has 0 aliphatic rings. The zero-order chi connectivity index (χ0) is 17.0. The molecule has 0 amide bonds. The van der Waals surface area contributed by atoms with Crippen LogP contribution in [0.2, 0.25) is 0 Å². The Bertz CT molecular complexity index is 921. The summed E-state index contributed by atoms with van der Waals surface area (Å²) in [5, 5.41) is 3.20. The van der Waals surface area contributed by atoms with E-state index in [1.54, 1.807) is 24.4 Å². The fourth-order valence-corrected chi connectivity index (χ4v) is 3.35. The first kappa shape index (κ1) is 16.2. The lowest BCUT2D eigenvalue weighted by Gasteiger charge is -2.11. The highest BCUT2D eigenvalue weighted by Crippen LogP contribution is 2.22. The molecule has 1 heterocycles. The third-order valence-corrected chi connectivity index (χ3v) is 4.87. The maximum Gasteiger partial charge on any atom is 0.177 e. The Morgan fingerprint density at radius 3 is 2.33 bits per heavy atom. The van der Waals surface area contributed by atoms with Gasteiger partial charge in [-0.2, -0.15) is 0 Å². The number of anilines is 1. The van der Waals surface area contributed by atoms with Crippen molar-refractivity contribution in [1.82, 2.24) is 4.98 Å². The van der Waals surface area contributed by atoms with Gasteiger partial charge in [0.05, 0.1) is 10.6 Å². The second-order valence-corrected chi connectivity index (χ2v) is 7.54. The van der Waals surface area contributed by atoms with Crippen molar-refractivity contribution in [2.45, 2.75) is 11.4 Å². The first-order valence-corrected chi connectivity index (χ1v) is 9.45. The number of pyridine rings is 1. The molecule has 3 aromatic rings. The molecule has 5 heteroatoms. The molecule has 0 unspecified atom stereocenters. The summed E-state index contributed by atoms with van der Waals surface area (Å²) in [6.45, 7) is 0.555. The molecular weight excluding hydrogens is 320 g/mol. The summed E-state index contributed by atoms with van der Waals surface area (Å²) in [6, 6.07) is 19.0. The number of sulfone groups is 1. The van der Waals surface area contributed by atoms with Gasteiger partial charge in [0.2, 0.25) is 0 Å². The number of benzene rings is 2. The predicted octanol–water partition coefficient (Wildman–Crippen LogP) is 3.76. The molecule has 0 aliphatic heterocycles. The van der Waals surface area contributed by atoms with Crippen LogP contribution in [0.1, 0.15) is 5.56 Å². The topological polar surface area (TPSA) is 59.1 Å². The number of aromatic nitrogens is 1. The molecule has 0 bridgehead atoms. The number of nitrogens with zero attached hydrogens (tertiary/aromatic N) is 1. The van der Waals surface area contributed by atoms with Crippen LogP contribution in [0.3, 0.4) is 0 Å². The normalized spacial score (nSPS) is 11.2. The second kappa shape index (κ2) is 6.84. The summed E-state index contributed by atoms with van der Waals surface area (Å²) < 4.78 is 23.6. The number of para-hydroxylation sites is 1. The molecule has 122 valence electrons. The molecule has 0 saturated carbocycles. The maximum atomic E-state index is 11.8. The van der Waals surface area contributed by atoms with E-state index in [-0.39, 0.29) is 0 Å². The van der Waals surface area contributed by atoms with Crippen LogP contribution in [-0.2, 0) is 16.4 Å². The van der Waals surface area contributed by atoms with Crippen molar-refractivity contribution in [2.24, 2.45) is 0 Å². The SMILES string of the molecule is CS(=O)(=O)c1ccccc1NCc1ccc(-c2cccnc2)cc1. The van der Waals surface area contributed by atoms with Crippen molar-refractivity contribution in [3.63, 3.8) is 0 Å². The third-order valence-electron chi connectivity index (χ3n) is 3.72. The van der Waals surface area contributed by atoms with E-state index in [1.807, 2.05) is 48.7 Å². The first-order chi connectivity index (χ1) is 11.5. The van der Waals surface area contributed by atoms with Crippen molar-refractivity contribution in [1.29, 1.82) is 0 Å². The van der Waals surface area contributed by atoms with Gasteiger partial charge < -0.3 is 5.32 Å². The van der Waals surface area contributed by atoms with Crippen LogP contribution < -0.4 is 5.32 Å². The number of hydrogen-bond acceptors (Lipinski definition) is 4. The predicted molar refractivity (Wildman–Crippen MR) is 96.6 cm³/mol. The standard InChI is InChI=1S/C19H18N2O2S/c1-24(22,23)19-7-3-2-6-18(19)21-13-15-8-10-16(11-9-15)17-5-4-12-20-14-17/h2-12,14,21H,13H2,1H3. The Kier molecular flexibility index (Phi) is 4.62. The summed E-state index contributed by atoms with van der Waals surface area (Å²) in [6.07, 6.45) is 4.80. The zero-order valence-electron chi connectivity index (χ0n) is 13.3. The Morgan fingerprint density at radius 1 is 0.917 bits per heavy atom. The van der Waals surface area contributed by atoms with Gasteiger partial charge >= 0.3 is 0 Å². The van der Waals surface area contributed by atoms with Crippen LogP contribution in [-0.4, -0.2) is 19.7 Å². The van der Waals surface area contributed by atoms with Crippen molar-refractivity contribution >= 4 is 15.5 Å². The smallest absolute Gasteiger partial charge is 0.177 e. The third kappa shape index (κ3) is 3.81. The van der Waals surface area contributed by atoms with Crippen LogP contribution in [0.25, 0.3) is 11.1 Å². The van der Waals surface area contributed by atoms with E-state index in [1.165, 1.54) is 6.26 Å². The lowest BCUT2D eigenvalue weighted by Crippen LogP contribution is -2.06. The monoisotopic (exact) mass is 338 g/mol. The highest BCUT2D eigenvalue weighted by atomic mass is 32.2.